The number of fused-ring (bicyclic) bond motifs is 1. The molecule has 1 atom stereocenters. The number of hydrogen-bond donors (Lipinski definition) is 0. The summed E-state index contributed by atoms with van der Waals surface area (Å²) in [6, 6.07) is 12.2. The Kier molecular flexibility index (Phi) is 3.45. The van der Waals surface area contributed by atoms with Gasteiger partial charge >= 0.3 is 0 Å². The van der Waals surface area contributed by atoms with E-state index in [1.54, 1.807) is 0 Å². The molecule has 2 aromatic carbocycles. The van der Waals surface area contributed by atoms with Gasteiger partial charge in [0.2, 0.25) is 5.69 Å². The average Bonchev–Trinajstić information content (AvgIpc) is 3.25. The zero-order valence-corrected chi connectivity index (χ0v) is 16.8. The van der Waals surface area contributed by atoms with Crippen LogP contribution in [0.3, 0.4) is 0 Å². The molecule has 1 unspecified atom stereocenters. The van der Waals surface area contributed by atoms with Gasteiger partial charge in [-0.1, -0.05) is 44.8 Å². The third kappa shape index (κ3) is 3.29. The van der Waals surface area contributed by atoms with E-state index in [2.05, 4.69) is 18.2 Å². The van der Waals surface area contributed by atoms with Crippen molar-refractivity contribution in [3.63, 3.8) is 0 Å². The van der Waals surface area contributed by atoms with Crippen LogP contribution in [0.5, 0.6) is 0 Å². The molecular weight excluding hydrogens is 326 g/mol. The van der Waals surface area contributed by atoms with Crippen molar-refractivity contribution in [1.29, 1.82) is 0 Å². The standard InChI is InChI=1S/C26H32N/c1-17(2)23-14-18(3)19(4)25(16-23)26-24-11-10-21(20-8-6-7-9-20)15-22(24)12-13-27(26)5/h10-17,20H,6-9H2,1-5H3/q+1/i1D3,13D,17D. The van der Waals surface area contributed by atoms with Gasteiger partial charge < -0.3 is 0 Å². The molecule has 4 rings (SSSR count). The van der Waals surface area contributed by atoms with Crippen LogP contribution in [0.1, 0.15) is 80.4 Å². The summed E-state index contributed by atoms with van der Waals surface area (Å²) in [5, 5.41) is 2.09. The van der Waals surface area contributed by atoms with Crippen molar-refractivity contribution in [2.45, 2.75) is 65.1 Å². The fraction of sp³-hybridized carbons (Fsp3) is 0.423. The number of nitrogens with zero attached hydrogens (tertiary/aromatic N) is 1. The van der Waals surface area contributed by atoms with Gasteiger partial charge in [0.1, 0.15) is 8.42 Å². The van der Waals surface area contributed by atoms with E-state index in [0.29, 0.717) is 17.7 Å². The van der Waals surface area contributed by atoms with Crippen molar-refractivity contribution in [2.75, 3.05) is 0 Å². The summed E-state index contributed by atoms with van der Waals surface area (Å²) in [6.45, 7) is 3.01. The van der Waals surface area contributed by atoms with Crippen molar-refractivity contribution in [2.24, 2.45) is 7.05 Å². The van der Waals surface area contributed by atoms with Crippen LogP contribution in [0, 0.1) is 13.8 Å². The minimum Gasteiger partial charge on any atom is -0.200 e. The Hall–Kier alpha value is -2.15. The Morgan fingerprint density at radius 3 is 2.67 bits per heavy atom. The first-order valence-corrected chi connectivity index (χ1v) is 9.97. The van der Waals surface area contributed by atoms with E-state index >= 15 is 0 Å². The lowest BCUT2D eigenvalue weighted by molar-refractivity contribution is -0.659. The molecule has 140 valence electrons. The van der Waals surface area contributed by atoms with Gasteiger partial charge in [0.15, 0.2) is 6.17 Å². The van der Waals surface area contributed by atoms with Crippen molar-refractivity contribution < 1.29 is 11.4 Å². The van der Waals surface area contributed by atoms with Gasteiger partial charge in [-0.25, -0.2) is 4.57 Å². The third-order valence-corrected chi connectivity index (χ3v) is 6.26. The van der Waals surface area contributed by atoms with E-state index < -0.39 is 12.7 Å². The van der Waals surface area contributed by atoms with Gasteiger partial charge in [-0.15, -0.1) is 0 Å². The predicted molar refractivity (Wildman–Crippen MR) is 115 cm³/mol. The van der Waals surface area contributed by atoms with Crippen LogP contribution < -0.4 is 4.57 Å². The topological polar surface area (TPSA) is 3.88 Å². The van der Waals surface area contributed by atoms with E-state index in [1.807, 2.05) is 43.7 Å². The zero-order chi connectivity index (χ0) is 23.4. The van der Waals surface area contributed by atoms with Crippen LogP contribution in [-0.2, 0) is 7.05 Å². The summed E-state index contributed by atoms with van der Waals surface area (Å²) in [5.41, 5.74) is 5.59. The highest BCUT2D eigenvalue weighted by atomic mass is 14.9. The van der Waals surface area contributed by atoms with Gasteiger partial charge in [-0.3, -0.25) is 0 Å². The lowest BCUT2D eigenvalue weighted by Gasteiger charge is -2.15. The van der Waals surface area contributed by atoms with Crippen LogP contribution in [0.4, 0.5) is 0 Å². The van der Waals surface area contributed by atoms with E-state index in [1.165, 1.54) is 38.2 Å². The molecule has 1 fully saturated rings. The molecule has 0 radical (unpaired) electrons. The van der Waals surface area contributed by atoms with Crippen LogP contribution in [0.15, 0.2) is 42.6 Å². The highest BCUT2D eigenvalue weighted by Crippen LogP contribution is 2.37. The maximum Gasteiger partial charge on any atom is 0.220 e. The van der Waals surface area contributed by atoms with Crippen LogP contribution in [-0.4, -0.2) is 0 Å². The molecule has 0 spiro atoms. The molecule has 1 saturated carbocycles. The molecule has 27 heavy (non-hydrogen) atoms. The first-order chi connectivity index (χ1) is 14.9. The fourth-order valence-corrected chi connectivity index (χ4v) is 4.49. The summed E-state index contributed by atoms with van der Waals surface area (Å²) >= 11 is 0. The number of aromatic nitrogens is 1. The molecule has 1 aliphatic carbocycles. The number of hydrogen-bond acceptors (Lipinski definition) is 0. The van der Waals surface area contributed by atoms with Crippen molar-refractivity contribution in [1.82, 2.24) is 0 Å². The van der Waals surface area contributed by atoms with Gasteiger partial charge in [0.25, 0.3) is 0 Å². The van der Waals surface area contributed by atoms with Gasteiger partial charge in [0.05, 0.1) is 10.9 Å². The second-order valence-electron chi connectivity index (χ2n) is 8.10. The summed E-state index contributed by atoms with van der Waals surface area (Å²) < 4.78 is 42.8. The predicted octanol–water partition coefficient (Wildman–Crippen LogP) is 6.73. The molecule has 0 saturated heterocycles. The Labute approximate surface area is 171 Å². The molecule has 0 N–H and O–H groups in total. The fourth-order valence-electron chi connectivity index (χ4n) is 4.49. The summed E-state index contributed by atoms with van der Waals surface area (Å²) in [4.78, 5) is 0. The first kappa shape index (κ1) is 13.1. The van der Waals surface area contributed by atoms with Crippen molar-refractivity contribution in [3.05, 3.63) is 64.8 Å². The molecule has 0 amide bonds. The zero-order valence-electron chi connectivity index (χ0n) is 21.8. The Morgan fingerprint density at radius 2 is 1.93 bits per heavy atom. The van der Waals surface area contributed by atoms with E-state index in [9.17, 15) is 0 Å². The number of aryl methyl sites for hydroxylation is 1. The molecule has 1 nitrogen and oxygen atoms in total. The Bertz CT molecular complexity index is 1190. The Balaban J connectivity index is 1.97. The van der Waals surface area contributed by atoms with Crippen LogP contribution >= 0.6 is 0 Å². The van der Waals surface area contributed by atoms with Gasteiger partial charge in [0, 0.05) is 11.5 Å². The molecule has 3 aromatic rings. The summed E-state index contributed by atoms with van der Waals surface area (Å²) in [7, 11) is 1.88. The minimum absolute atomic E-state index is 0.406. The normalized spacial score (nSPS) is 20.5. The maximum atomic E-state index is 8.62. The highest BCUT2D eigenvalue weighted by Gasteiger charge is 2.22. The van der Waals surface area contributed by atoms with Crippen molar-refractivity contribution in [3.8, 4) is 11.3 Å². The van der Waals surface area contributed by atoms with Gasteiger partial charge in [-0.2, -0.15) is 0 Å². The van der Waals surface area contributed by atoms with E-state index in [4.69, 9.17) is 6.85 Å². The smallest absolute Gasteiger partial charge is 0.200 e. The first-order valence-electron chi connectivity index (χ1n) is 12.5. The highest BCUT2D eigenvalue weighted by molar-refractivity contribution is 5.94. The molecule has 1 aliphatic rings. The lowest BCUT2D eigenvalue weighted by atomic mass is 9.89. The molecular formula is C26H32N+. The molecule has 0 aliphatic heterocycles. The maximum absolute atomic E-state index is 8.62. The quantitative estimate of drug-likeness (QED) is 0.454. The molecule has 1 heterocycles. The summed E-state index contributed by atoms with van der Waals surface area (Å²) in [5.74, 6) is -1.12. The third-order valence-electron chi connectivity index (χ3n) is 6.26. The molecule has 1 aromatic heterocycles. The van der Waals surface area contributed by atoms with Crippen LogP contribution in [0.25, 0.3) is 22.0 Å². The van der Waals surface area contributed by atoms with E-state index in [-0.39, 0.29) is 0 Å². The monoisotopic (exact) mass is 363 g/mol. The molecule has 1 heteroatoms. The number of rotatable bonds is 3. The van der Waals surface area contributed by atoms with Crippen molar-refractivity contribution >= 4 is 10.8 Å². The minimum atomic E-state index is -2.44. The Morgan fingerprint density at radius 1 is 1.15 bits per heavy atom. The largest absolute Gasteiger partial charge is 0.220 e. The van der Waals surface area contributed by atoms with Crippen LogP contribution in [0.2, 0.25) is 0 Å². The van der Waals surface area contributed by atoms with E-state index in [0.717, 1.165) is 33.2 Å². The second-order valence-corrected chi connectivity index (χ2v) is 8.10. The second kappa shape index (κ2) is 7.11. The summed E-state index contributed by atoms with van der Waals surface area (Å²) in [6.07, 6.45) is 5.42. The lowest BCUT2D eigenvalue weighted by Crippen LogP contribution is -2.31. The molecule has 0 bridgehead atoms. The average molecular weight is 364 g/mol. The SMILES string of the molecule is [2H]c1cc2cc(C3CCCC3)ccc2c(-c2cc(C([2H])(C)C([2H])([2H])[2H])cc(C)c2C)[n+]1C. The number of pyridine rings is 1. The van der Waals surface area contributed by atoms with Gasteiger partial charge in [-0.05, 0) is 78.3 Å². The number of benzene rings is 2.